The molecule has 5 atom stereocenters. The Morgan fingerprint density at radius 3 is 1.64 bits per heavy atom. The van der Waals surface area contributed by atoms with Crippen LogP contribution in [0.4, 0.5) is 0 Å². The predicted molar refractivity (Wildman–Crippen MR) is 163 cm³/mol. The van der Waals surface area contributed by atoms with Crippen molar-refractivity contribution >= 4 is 17.7 Å². The van der Waals surface area contributed by atoms with Crippen LogP contribution in [0.1, 0.15) is 23.6 Å². The molecule has 5 rings (SSSR count). The number of carbonyl (C=O) groups is 1. The molecule has 0 unspecified atom stereocenters. The Kier molecular flexibility index (Phi) is 11.2. The number of esters is 1. The van der Waals surface area contributed by atoms with Gasteiger partial charge in [-0.2, -0.15) is 0 Å². The normalized spacial score (nSPS) is 22.0. The molecule has 42 heavy (non-hydrogen) atoms. The highest BCUT2D eigenvalue weighted by Crippen LogP contribution is 2.38. The maximum absolute atomic E-state index is 12.4. The molecule has 0 radical (unpaired) electrons. The van der Waals surface area contributed by atoms with Crippen LogP contribution in [0.15, 0.2) is 126 Å². The maximum Gasteiger partial charge on any atom is 0.303 e. The largest absolute Gasteiger partial charge is 0.456 e. The Bertz CT molecular complexity index is 1340. The van der Waals surface area contributed by atoms with Gasteiger partial charge >= 0.3 is 5.97 Å². The molecule has 0 bridgehead atoms. The number of rotatable bonds is 13. The van der Waals surface area contributed by atoms with Crippen molar-refractivity contribution in [1.82, 2.24) is 0 Å². The summed E-state index contributed by atoms with van der Waals surface area (Å²) in [4.78, 5) is 13.4. The summed E-state index contributed by atoms with van der Waals surface area (Å²) in [5, 5.41) is 0. The van der Waals surface area contributed by atoms with Gasteiger partial charge in [-0.25, -0.2) is 0 Å². The van der Waals surface area contributed by atoms with Crippen LogP contribution in [-0.4, -0.2) is 42.4 Å². The molecule has 1 aliphatic heterocycles. The van der Waals surface area contributed by atoms with E-state index in [1.54, 1.807) is 0 Å². The zero-order valence-electron chi connectivity index (χ0n) is 23.6. The van der Waals surface area contributed by atoms with Gasteiger partial charge in [0.25, 0.3) is 0 Å². The number of benzene rings is 4. The van der Waals surface area contributed by atoms with E-state index in [1.807, 2.05) is 121 Å². The fourth-order valence-corrected chi connectivity index (χ4v) is 5.97. The van der Waals surface area contributed by atoms with Crippen molar-refractivity contribution < 1.29 is 28.5 Å². The van der Waals surface area contributed by atoms with Gasteiger partial charge in [-0.3, -0.25) is 4.79 Å². The summed E-state index contributed by atoms with van der Waals surface area (Å²) in [5.74, 6) is -0.406. The van der Waals surface area contributed by atoms with Crippen LogP contribution in [0.3, 0.4) is 0 Å². The topological polar surface area (TPSA) is 63.2 Å². The van der Waals surface area contributed by atoms with E-state index in [9.17, 15) is 4.79 Å². The highest BCUT2D eigenvalue weighted by molar-refractivity contribution is 7.99. The van der Waals surface area contributed by atoms with Crippen LogP contribution in [0.2, 0.25) is 0 Å². The first-order valence-electron chi connectivity index (χ1n) is 14.1. The van der Waals surface area contributed by atoms with Crippen LogP contribution in [-0.2, 0) is 48.3 Å². The number of ether oxygens (including phenoxy) is 5. The van der Waals surface area contributed by atoms with Crippen molar-refractivity contribution in [3.63, 3.8) is 0 Å². The van der Waals surface area contributed by atoms with Gasteiger partial charge in [0, 0.05) is 11.8 Å². The van der Waals surface area contributed by atoms with Gasteiger partial charge in [0.15, 0.2) is 6.10 Å². The van der Waals surface area contributed by atoms with E-state index in [0.29, 0.717) is 19.8 Å². The SMILES string of the molecule is CC(=O)O[C@@H]1[C@@H](OCc2ccccc2)[C@H](OCc2ccccc2)[C@@H](COCc2ccccc2)O[C@@H]1Sc1ccccc1. The smallest absolute Gasteiger partial charge is 0.303 e. The number of hydrogen-bond acceptors (Lipinski definition) is 7. The van der Waals surface area contributed by atoms with E-state index in [-0.39, 0.29) is 6.61 Å². The highest BCUT2D eigenvalue weighted by atomic mass is 32.2. The molecule has 6 nitrogen and oxygen atoms in total. The zero-order chi connectivity index (χ0) is 29.0. The second-order valence-electron chi connectivity index (χ2n) is 10.1. The summed E-state index contributed by atoms with van der Waals surface area (Å²) in [6.07, 6.45) is -2.38. The highest BCUT2D eigenvalue weighted by Gasteiger charge is 2.50. The molecule has 4 aromatic carbocycles. The molecule has 0 N–H and O–H groups in total. The molecule has 0 aromatic heterocycles. The molecule has 7 heteroatoms. The monoisotopic (exact) mass is 584 g/mol. The standard InChI is InChI=1S/C35H36O6S/c1-26(36)40-34-33(39-24-29-18-10-4-11-19-29)32(38-23-28-16-8-3-9-17-28)31(25-37-22-27-14-6-2-7-15-27)41-35(34)42-30-20-12-5-13-21-30/h2-21,31-35H,22-25H2,1H3/t31-,32-,33+,34-,35-/m1/s1. The molecule has 218 valence electrons. The lowest BCUT2D eigenvalue weighted by Crippen LogP contribution is -2.60. The molecule has 0 spiro atoms. The lowest BCUT2D eigenvalue weighted by molar-refractivity contribution is -0.249. The average molecular weight is 585 g/mol. The molecule has 0 amide bonds. The molecular formula is C35H36O6S. The first-order chi connectivity index (χ1) is 20.7. The molecule has 0 saturated carbocycles. The molecular weight excluding hydrogens is 548 g/mol. The quantitative estimate of drug-likeness (QED) is 0.160. The van der Waals surface area contributed by atoms with Crippen LogP contribution in [0, 0.1) is 0 Å². The minimum absolute atomic E-state index is 0.276. The van der Waals surface area contributed by atoms with Gasteiger partial charge < -0.3 is 23.7 Å². The Balaban J connectivity index is 1.44. The van der Waals surface area contributed by atoms with Crippen LogP contribution < -0.4 is 0 Å². The minimum Gasteiger partial charge on any atom is -0.456 e. The van der Waals surface area contributed by atoms with Gasteiger partial charge in [-0.15, -0.1) is 0 Å². The van der Waals surface area contributed by atoms with Crippen molar-refractivity contribution in [2.75, 3.05) is 6.61 Å². The Morgan fingerprint density at radius 2 is 1.12 bits per heavy atom. The molecule has 4 aromatic rings. The van der Waals surface area contributed by atoms with E-state index in [2.05, 4.69) is 0 Å². The molecule has 1 saturated heterocycles. The van der Waals surface area contributed by atoms with E-state index < -0.39 is 35.8 Å². The second-order valence-corrected chi connectivity index (χ2v) is 11.2. The number of hydrogen-bond donors (Lipinski definition) is 0. The van der Waals surface area contributed by atoms with Gasteiger partial charge in [-0.05, 0) is 28.8 Å². The van der Waals surface area contributed by atoms with Crippen molar-refractivity contribution in [3.05, 3.63) is 138 Å². The maximum atomic E-state index is 12.4. The van der Waals surface area contributed by atoms with E-state index in [0.717, 1.165) is 21.6 Å². The van der Waals surface area contributed by atoms with Gasteiger partial charge in [-0.1, -0.05) is 121 Å². The first kappa shape index (κ1) is 30.0. The third-order valence-electron chi connectivity index (χ3n) is 6.85. The number of carbonyl (C=O) groups excluding carboxylic acids is 1. The summed E-state index contributed by atoms with van der Waals surface area (Å²) in [7, 11) is 0. The molecule has 1 fully saturated rings. The minimum atomic E-state index is -0.720. The molecule has 0 aliphatic carbocycles. The van der Waals surface area contributed by atoms with Crippen molar-refractivity contribution in [2.45, 2.75) is 61.5 Å². The second kappa shape index (κ2) is 15.7. The lowest BCUT2D eigenvalue weighted by Gasteiger charge is -2.45. The molecule has 1 aliphatic rings. The van der Waals surface area contributed by atoms with Crippen LogP contribution in [0.25, 0.3) is 0 Å². The van der Waals surface area contributed by atoms with Crippen molar-refractivity contribution in [1.29, 1.82) is 0 Å². The third kappa shape index (κ3) is 8.77. The van der Waals surface area contributed by atoms with Crippen LogP contribution >= 0.6 is 11.8 Å². The fourth-order valence-electron chi connectivity index (χ4n) is 4.85. The van der Waals surface area contributed by atoms with Crippen molar-refractivity contribution in [3.8, 4) is 0 Å². The van der Waals surface area contributed by atoms with E-state index in [4.69, 9.17) is 23.7 Å². The Labute approximate surface area is 251 Å². The van der Waals surface area contributed by atoms with Crippen LogP contribution in [0.5, 0.6) is 0 Å². The summed E-state index contributed by atoms with van der Waals surface area (Å²) in [6, 6.07) is 39.9. The Morgan fingerprint density at radius 1 is 0.643 bits per heavy atom. The fraction of sp³-hybridized carbons (Fsp3) is 0.286. The summed E-state index contributed by atoms with van der Waals surface area (Å²) >= 11 is 1.50. The van der Waals surface area contributed by atoms with Gasteiger partial charge in [0.05, 0.1) is 26.4 Å². The zero-order valence-corrected chi connectivity index (χ0v) is 24.4. The summed E-state index contributed by atoms with van der Waals surface area (Å²) < 4.78 is 32.0. The lowest BCUT2D eigenvalue weighted by atomic mass is 9.99. The summed E-state index contributed by atoms with van der Waals surface area (Å²) in [5.41, 5.74) is 2.56. The first-order valence-corrected chi connectivity index (χ1v) is 15.0. The van der Waals surface area contributed by atoms with E-state index >= 15 is 0 Å². The van der Waals surface area contributed by atoms with Gasteiger partial charge in [0.1, 0.15) is 23.7 Å². The number of thioether (sulfide) groups is 1. The summed E-state index contributed by atoms with van der Waals surface area (Å²) in [6.45, 7) is 2.80. The predicted octanol–water partition coefficient (Wildman–Crippen LogP) is 6.82. The van der Waals surface area contributed by atoms with Gasteiger partial charge in [0.2, 0.25) is 0 Å². The van der Waals surface area contributed by atoms with E-state index in [1.165, 1.54) is 18.7 Å². The Hall–Kier alpha value is -3.46. The molecule has 1 heterocycles. The average Bonchev–Trinajstić information content (AvgIpc) is 3.02. The third-order valence-corrected chi connectivity index (χ3v) is 8.01. The van der Waals surface area contributed by atoms with Crippen molar-refractivity contribution in [2.24, 2.45) is 0 Å².